The van der Waals surface area contributed by atoms with E-state index in [0.717, 1.165) is 25.0 Å². The van der Waals surface area contributed by atoms with Crippen LogP contribution in [-0.2, 0) is 9.59 Å². The molecular formula is C19H24N2O3. The Morgan fingerprint density at radius 1 is 1.17 bits per heavy atom. The third kappa shape index (κ3) is 3.30. The Balaban J connectivity index is 1.65. The molecule has 0 aliphatic carbocycles. The van der Waals surface area contributed by atoms with Crippen molar-refractivity contribution >= 4 is 17.4 Å². The molecular weight excluding hydrogens is 304 g/mol. The summed E-state index contributed by atoms with van der Waals surface area (Å²) < 4.78 is 5.19. The van der Waals surface area contributed by atoms with Crippen molar-refractivity contribution in [2.24, 2.45) is 0 Å². The number of carbonyl (C=O) groups excluding carboxylic acids is 2. The van der Waals surface area contributed by atoms with Crippen molar-refractivity contribution in [3.8, 4) is 5.75 Å². The molecule has 128 valence electrons. The molecule has 0 radical (unpaired) electrons. The maximum Gasteiger partial charge on any atom is 0.245 e. The van der Waals surface area contributed by atoms with E-state index in [0.29, 0.717) is 19.6 Å². The monoisotopic (exact) mass is 328 g/mol. The fraction of sp³-hybridized carbons (Fsp3) is 0.474. The van der Waals surface area contributed by atoms with Crippen molar-refractivity contribution in [2.45, 2.75) is 32.2 Å². The first kappa shape index (κ1) is 16.6. The minimum atomic E-state index is -0.265. The Bertz CT molecular complexity index is 651. The summed E-state index contributed by atoms with van der Waals surface area (Å²) in [5, 5.41) is 0. The summed E-state index contributed by atoms with van der Waals surface area (Å²) >= 11 is 0. The molecule has 1 saturated heterocycles. The molecule has 5 nitrogen and oxygen atoms in total. The molecule has 1 atom stereocenters. The van der Waals surface area contributed by atoms with Crippen molar-refractivity contribution in [2.75, 3.05) is 26.7 Å². The van der Waals surface area contributed by atoms with Crippen LogP contribution < -0.4 is 4.74 Å². The van der Waals surface area contributed by atoms with Gasteiger partial charge >= 0.3 is 0 Å². The maximum atomic E-state index is 12.7. The first-order valence-corrected chi connectivity index (χ1v) is 8.49. The van der Waals surface area contributed by atoms with Crippen molar-refractivity contribution in [1.29, 1.82) is 0 Å². The molecule has 3 rings (SSSR count). The number of benzene rings is 1. The average molecular weight is 328 g/mol. The summed E-state index contributed by atoms with van der Waals surface area (Å²) in [6.45, 7) is 3.57. The molecule has 2 heterocycles. The van der Waals surface area contributed by atoms with Crippen LogP contribution in [0.3, 0.4) is 0 Å². The molecule has 1 unspecified atom stereocenters. The van der Waals surface area contributed by atoms with Gasteiger partial charge in [0.15, 0.2) is 0 Å². The summed E-state index contributed by atoms with van der Waals surface area (Å²) in [5.41, 5.74) is 2.44. The summed E-state index contributed by atoms with van der Waals surface area (Å²) in [5.74, 6) is 0.933. The second-order valence-electron chi connectivity index (χ2n) is 6.36. The van der Waals surface area contributed by atoms with Gasteiger partial charge in [-0.15, -0.1) is 0 Å². The third-order valence-corrected chi connectivity index (χ3v) is 4.92. The molecule has 0 saturated carbocycles. The van der Waals surface area contributed by atoms with E-state index in [-0.39, 0.29) is 17.9 Å². The van der Waals surface area contributed by atoms with Crippen LogP contribution in [0.5, 0.6) is 5.75 Å². The Morgan fingerprint density at radius 3 is 2.50 bits per heavy atom. The molecule has 1 aromatic rings. The number of carbonyl (C=O) groups is 2. The topological polar surface area (TPSA) is 49.9 Å². The highest BCUT2D eigenvalue weighted by molar-refractivity contribution is 5.88. The van der Waals surface area contributed by atoms with Gasteiger partial charge < -0.3 is 14.5 Å². The molecule has 1 aromatic carbocycles. The molecule has 2 aliphatic rings. The van der Waals surface area contributed by atoms with Crippen LogP contribution in [0, 0.1) is 0 Å². The average Bonchev–Trinajstić information content (AvgIpc) is 3.11. The number of nitrogens with zero attached hydrogens (tertiary/aromatic N) is 2. The van der Waals surface area contributed by atoms with Gasteiger partial charge in [-0.1, -0.05) is 18.2 Å². The molecule has 1 fully saturated rings. The quantitative estimate of drug-likeness (QED) is 0.856. The van der Waals surface area contributed by atoms with Crippen LogP contribution >= 0.6 is 0 Å². The van der Waals surface area contributed by atoms with Gasteiger partial charge in [-0.2, -0.15) is 0 Å². The number of ether oxygens (including phenoxy) is 1. The fourth-order valence-electron chi connectivity index (χ4n) is 3.55. The minimum absolute atomic E-state index is 0.00248. The molecule has 0 aromatic heterocycles. The summed E-state index contributed by atoms with van der Waals surface area (Å²) in [6.07, 6.45) is 4.65. The second kappa shape index (κ2) is 7.07. The first-order chi connectivity index (χ1) is 11.6. The lowest BCUT2D eigenvalue weighted by Gasteiger charge is -2.32. The molecule has 5 heteroatoms. The smallest absolute Gasteiger partial charge is 0.245 e. The zero-order chi connectivity index (χ0) is 17.1. The predicted molar refractivity (Wildman–Crippen MR) is 92.6 cm³/mol. The van der Waals surface area contributed by atoms with Crippen molar-refractivity contribution in [3.05, 3.63) is 35.9 Å². The van der Waals surface area contributed by atoms with E-state index in [1.165, 1.54) is 11.1 Å². The highest BCUT2D eigenvalue weighted by atomic mass is 16.5. The Hall–Kier alpha value is -2.30. The van der Waals surface area contributed by atoms with Gasteiger partial charge in [0.05, 0.1) is 7.11 Å². The van der Waals surface area contributed by atoms with E-state index < -0.39 is 0 Å². The number of hydrogen-bond donors (Lipinski definition) is 0. The molecule has 2 amide bonds. The van der Waals surface area contributed by atoms with Crippen LogP contribution in [0.25, 0.3) is 5.57 Å². The van der Waals surface area contributed by atoms with Gasteiger partial charge in [0.1, 0.15) is 11.8 Å². The van der Waals surface area contributed by atoms with Gasteiger partial charge in [-0.05, 0) is 42.5 Å². The molecule has 0 N–H and O–H groups in total. The Morgan fingerprint density at radius 2 is 1.92 bits per heavy atom. The second-order valence-corrected chi connectivity index (χ2v) is 6.36. The zero-order valence-corrected chi connectivity index (χ0v) is 14.3. The van der Waals surface area contributed by atoms with Gasteiger partial charge in [0.2, 0.25) is 11.8 Å². The number of likely N-dealkylation sites (tertiary alicyclic amines) is 1. The predicted octanol–water partition coefficient (Wildman–Crippen LogP) is 2.32. The standard InChI is InChI=1S/C19H24N2O3/c1-14(22)21-11-3-4-18(21)19(23)20-12-9-16(10-13-20)15-5-7-17(24-2)8-6-15/h5-9,18H,3-4,10-13H2,1-2H3. The maximum absolute atomic E-state index is 12.7. The summed E-state index contributed by atoms with van der Waals surface area (Å²) in [7, 11) is 1.66. The lowest BCUT2D eigenvalue weighted by Crippen LogP contribution is -2.48. The number of rotatable bonds is 3. The van der Waals surface area contributed by atoms with E-state index in [4.69, 9.17) is 4.74 Å². The number of hydrogen-bond acceptors (Lipinski definition) is 3. The van der Waals surface area contributed by atoms with Crippen LogP contribution in [-0.4, -0.2) is 54.4 Å². The van der Waals surface area contributed by atoms with E-state index in [2.05, 4.69) is 18.2 Å². The highest BCUT2D eigenvalue weighted by Crippen LogP contribution is 2.26. The first-order valence-electron chi connectivity index (χ1n) is 8.49. The normalized spacial score (nSPS) is 20.8. The summed E-state index contributed by atoms with van der Waals surface area (Å²) in [6, 6.07) is 7.75. The highest BCUT2D eigenvalue weighted by Gasteiger charge is 2.35. The van der Waals surface area contributed by atoms with Gasteiger partial charge in [-0.3, -0.25) is 9.59 Å². The van der Waals surface area contributed by atoms with Crippen molar-refractivity contribution in [1.82, 2.24) is 9.80 Å². The van der Waals surface area contributed by atoms with Gasteiger partial charge in [0.25, 0.3) is 0 Å². The minimum Gasteiger partial charge on any atom is -0.497 e. The van der Waals surface area contributed by atoms with Crippen LogP contribution in [0.1, 0.15) is 31.7 Å². The Kier molecular flexibility index (Phi) is 4.88. The SMILES string of the molecule is COc1ccc(C2=CCN(C(=O)C3CCCN3C(C)=O)CC2)cc1. The molecule has 24 heavy (non-hydrogen) atoms. The lowest BCUT2D eigenvalue weighted by atomic mass is 9.99. The summed E-state index contributed by atoms with van der Waals surface area (Å²) in [4.78, 5) is 28.0. The largest absolute Gasteiger partial charge is 0.497 e. The van der Waals surface area contributed by atoms with Crippen LogP contribution in [0.2, 0.25) is 0 Å². The fourth-order valence-corrected chi connectivity index (χ4v) is 3.55. The van der Waals surface area contributed by atoms with E-state index in [1.807, 2.05) is 17.0 Å². The van der Waals surface area contributed by atoms with Gasteiger partial charge in [0, 0.05) is 26.6 Å². The van der Waals surface area contributed by atoms with Crippen LogP contribution in [0.4, 0.5) is 0 Å². The van der Waals surface area contributed by atoms with Crippen molar-refractivity contribution in [3.63, 3.8) is 0 Å². The van der Waals surface area contributed by atoms with Crippen LogP contribution in [0.15, 0.2) is 30.3 Å². The van der Waals surface area contributed by atoms with E-state index in [1.54, 1.807) is 18.9 Å². The van der Waals surface area contributed by atoms with Gasteiger partial charge in [-0.25, -0.2) is 0 Å². The Labute approximate surface area is 142 Å². The number of amides is 2. The lowest BCUT2D eigenvalue weighted by molar-refractivity contribution is -0.142. The third-order valence-electron chi connectivity index (χ3n) is 4.92. The zero-order valence-electron chi connectivity index (χ0n) is 14.3. The molecule has 0 bridgehead atoms. The number of methoxy groups -OCH3 is 1. The van der Waals surface area contributed by atoms with E-state index in [9.17, 15) is 9.59 Å². The van der Waals surface area contributed by atoms with E-state index >= 15 is 0 Å². The van der Waals surface area contributed by atoms with Crippen molar-refractivity contribution < 1.29 is 14.3 Å². The molecule has 2 aliphatic heterocycles. The molecule has 0 spiro atoms.